The summed E-state index contributed by atoms with van der Waals surface area (Å²) in [6, 6.07) is 0. The molecule has 0 saturated heterocycles. The van der Waals surface area contributed by atoms with Gasteiger partial charge in [0.2, 0.25) is 0 Å². The SMILES string of the molecule is C=C[CH2][Cr+2].[Cl-].[Cl-]. The zero-order valence-corrected chi connectivity index (χ0v) is 5.94. The minimum absolute atomic E-state index is 0. The molecule has 0 aromatic rings. The molecule has 0 nitrogen and oxygen atoms in total. The second-order valence-corrected chi connectivity index (χ2v) is 0.976. The van der Waals surface area contributed by atoms with Crippen LogP contribution in [0.4, 0.5) is 0 Å². The predicted octanol–water partition coefficient (Wildman–Crippen LogP) is -4.85. The summed E-state index contributed by atoms with van der Waals surface area (Å²) in [5.41, 5.74) is 0. The summed E-state index contributed by atoms with van der Waals surface area (Å²) in [4.78, 5) is 0. The molecular weight excluding hydrogens is 159 g/mol. The number of rotatable bonds is 1. The standard InChI is InChI=1S/C3H5.2ClH.Cr/c1-3-2;;;/h3H,1-2H2;2*1H;/q;;;+2/p-2. The van der Waals surface area contributed by atoms with Crippen LogP contribution in [0.3, 0.4) is 0 Å². The zero-order valence-electron chi connectivity index (χ0n) is 3.16. The molecule has 0 aromatic heterocycles. The number of hydrogen-bond donors (Lipinski definition) is 0. The van der Waals surface area contributed by atoms with E-state index in [1.807, 2.05) is 6.08 Å². The molecule has 0 aliphatic heterocycles. The van der Waals surface area contributed by atoms with Crippen molar-refractivity contribution in [3.05, 3.63) is 12.7 Å². The molecule has 0 N–H and O–H groups in total. The number of hydrogen-bond acceptors (Lipinski definition) is 0. The molecule has 0 bridgehead atoms. The first-order valence-electron chi connectivity index (χ1n) is 1.11. The third-order valence-corrected chi connectivity index (χ3v) is 0.486. The van der Waals surface area contributed by atoms with Crippen molar-refractivity contribution in [2.75, 3.05) is 0 Å². The summed E-state index contributed by atoms with van der Waals surface area (Å²) in [7, 11) is 0. The fourth-order valence-corrected chi connectivity index (χ4v) is 0. The Balaban J connectivity index is -0.0000000450. The van der Waals surface area contributed by atoms with Crippen molar-refractivity contribution in [1.82, 2.24) is 0 Å². The maximum Gasteiger partial charge on any atom is -1.00 e. The second-order valence-electron chi connectivity index (χ2n) is 0.455. The molecule has 0 heterocycles. The molecule has 0 spiro atoms. The summed E-state index contributed by atoms with van der Waals surface area (Å²) in [6.07, 6.45) is 1.82. The molecular formula is C3H5Cl2Cr. The van der Waals surface area contributed by atoms with Crippen molar-refractivity contribution in [3.63, 3.8) is 0 Å². The van der Waals surface area contributed by atoms with E-state index in [4.69, 9.17) is 0 Å². The molecule has 3 heteroatoms. The van der Waals surface area contributed by atoms with Crippen molar-refractivity contribution in [1.29, 1.82) is 0 Å². The van der Waals surface area contributed by atoms with E-state index in [0.717, 1.165) is 5.28 Å². The summed E-state index contributed by atoms with van der Waals surface area (Å²) >= 11 is 2.77. The zero-order chi connectivity index (χ0) is 3.41. The molecule has 0 aromatic carbocycles. The van der Waals surface area contributed by atoms with Gasteiger partial charge in [-0.2, -0.15) is 0 Å². The minimum Gasteiger partial charge on any atom is -1.00 e. The van der Waals surface area contributed by atoms with Crippen LogP contribution in [0.25, 0.3) is 0 Å². The molecule has 0 aliphatic carbocycles. The fourth-order valence-electron chi connectivity index (χ4n) is 0. The summed E-state index contributed by atoms with van der Waals surface area (Å²) in [5.74, 6) is 0. The first-order valence-corrected chi connectivity index (χ1v) is 2.01. The van der Waals surface area contributed by atoms with Gasteiger partial charge in [0.1, 0.15) is 0 Å². The van der Waals surface area contributed by atoms with E-state index in [0.29, 0.717) is 0 Å². The molecule has 0 fully saturated rings. The van der Waals surface area contributed by atoms with Gasteiger partial charge >= 0.3 is 34.2 Å². The Hall–Kier alpha value is 0.852. The Morgan fingerprint density at radius 2 is 1.67 bits per heavy atom. The van der Waals surface area contributed by atoms with Gasteiger partial charge in [0.05, 0.1) is 0 Å². The molecule has 0 saturated carbocycles. The topological polar surface area (TPSA) is 0 Å². The van der Waals surface area contributed by atoms with Gasteiger partial charge in [-0.1, -0.05) is 0 Å². The van der Waals surface area contributed by atoms with Gasteiger partial charge in [-0.15, -0.1) is 0 Å². The van der Waals surface area contributed by atoms with Crippen molar-refractivity contribution in [2.45, 2.75) is 5.28 Å². The first kappa shape index (κ1) is 15.8. The van der Waals surface area contributed by atoms with Gasteiger partial charge in [0.15, 0.2) is 0 Å². The molecule has 0 atom stereocenters. The predicted molar refractivity (Wildman–Crippen MR) is 15.0 cm³/mol. The van der Waals surface area contributed by atoms with E-state index in [1.165, 1.54) is 0 Å². The normalized spacial score (nSPS) is 3.83. The Morgan fingerprint density at radius 3 is 1.67 bits per heavy atom. The third kappa shape index (κ3) is 21.0. The Labute approximate surface area is 59.2 Å². The van der Waals surface area contributed by atoms with Gasteiger partial charge in [0, 0.05) is 0 Å². The van der Waals surface area contributed by atoms with Crippen LogP contribution in [-0.2, 0) is 16.3 Å². The third-order valence-electron chi connectivity index (χ3n) is 0.118. The molecule has 37 valence electrons. The van der Waals surface area contributed by atoms with E-state index in [9.17, 15) is 0 Å². The van der Waals surface area contributed by atoms with Crippen LogP contribution < -0.4 is 24.8 Å². The summed E-state index contributed by atoms with van der Waals surface area (Å²) in [6.45, 7) is 3.45. The van der Waals surface area contributed by atoms with Crippen LogP contribution in [0.5, 0.6) is 0 Å². The smallest absolute Gasteiger partial charge is 1.00 e. The molecule has 0 radical (unpaired) electrons. The van der Waals surface area contributed by atoms with Crippen LogP contribution in [-0.4, -0.2) is 0 Å². The van der Waals surface area contributed by atoms with Crippen LogP contribution >= 0.6 is 0 Å². The number of allylic oxidation sites excluding steroid dienone is 1. The van der Waals surface area contributed by atoms with Crippen molar-refractivity contribution >= 4 is 0 Å². The number of halogens is 2. The van der Waals surface area contributed by atoms with Gasteiger partial charge < -0.3 is 24.8 Å². The average Bonchev–Trinajstić information content (AvgIpc) is 1.37. The maximum atomic E-state index is 3.45. The quantitative estimate of drug-likeness (QED) is 0.341. The maximum absolute atomic E-state index is 3.45. The average molecular weight is 164 g/mol. The van der Waals surface area contributed by atoms with Crippen LogP contribution in [0, 0.1) is 0 Å². The van der Waals surface area contributed by atoms with Crippen molar-refractivity contribution in [2.24, 2.45) is 0 Å². The minimum atomic E-state index is 0. The summed E-state index contributed by atoms with van der Waals surface area (Å²) in [5, 5.41) is 0.958. The molecule has 6 heavy (non-hydrogen) atoms. The fraction of sp³-hybridized carbons (Fsp3) is 0.333. The van der Waals surface area contributed by atoms with E-state index in [1.54, 1.807) is 0 Å². The van der Waals surface area contributed by atoms with Gasteiger partial charge in [0.25, 0.3) is 0 Å². The van der Waals surface area contributed by atoms with Crippen LogP contribution in [0.15, 0.2) is 12.7 Å². The van der Waals surface area contributed by atoms with Gasteiger partial charge in [-0.3, -0.25) is 0 Å². The van der Waals surface area contributed by atoms with E-state index < -0.39 is 0 Å². The largest absolute Gasteiger partial charge is 1.00 e. The van der Waals surface area contributed by atoms with Crippen LogP contribution in [0.1, 0.15) is 0 Å². The van der Waals surface area contributed by atoms with Gasteiger partial charge in [-0.25, -0.2) is 0 Å². The summed E-state index contributed by atoms with van der Waals surface area (Å²) < 4.78 is 0. The Kier molecular flexibility index (Phi) is 44.6. The van der Waals surface area contributed by atoms with Crippen molar-refractivity contribution < 1.29 is 41.1 Å². The monoisotopic (exact) mass is 163 g/mol. The molecule has 0 unspecified atom stereocenters. The van der Waals surface area contributed by atoms with Gasteiger partial charge in [-0.05, 0) is 0 Å². The Bertz CT molecular complexity index is 22.8. The molecule has 0 amide bonds. The first-order chi connectivity index (χ1) is 1.91. The van der Waals surface area contributed by atoms with E-state index in [2.05, 4.69) is 22.9 Å². The Morgan fingerprint density at radius 1 is 1.50 bits per heavy atom. The second kappa shape index (κ2) is 16.9. The van der Waals surface area contributed by atoms with Crippen LogP contribution in [0.2, 0.25) is 5.28 Å². The van der Waals surface area contributed by atoms with Crippen molar-refractivity contribution in [3.8, 4) is 0 Å². The van der Waals surface area contributed by atoms with E-state index in [-0.39, 0.29) is 24.8 Å². The van der Waals surface area contributed by atoms with E-state index >= 15 is 0 Å². The molecule has 0 aliphatic rings. The molecule has 0 rings (SSSR count).